The Bertz CT molecular complexity index is 951. The summed E-state index contributed by atoms with van der Waals surface area (Å²) in [6.07, 6.45) is 0.355. The van der Waals surface area contributed by atoms with E-state index in [9.17, 15) is 9.59 Å². The van der Waals surface area contributed by atoms with E-state index in [2.05, 4.69) is 25.3 Å². The molecule has 4 heteroatoms. The maximum absolute atomic E-state index is 13.3. The fourth-order valence-corrected chi connectivity index (χ4v) is 5.09. The van der Waals surface area contributed by atoms with Crippen molar-refractivity contribution in [2.75, 3.05) is 6.61 Å². The maximum atomic E-state index is 13.3. The van der Waals surface area contributed by atoms with Gasteiger partial charge in [-0.25, -0.2) is 4.79 Å². The van der Waals surface area contributed by atoms with Crippen molar-refractivity contribution in [3.8, 4) is 0 Å². The van der Waals surface area contributed by atoms with Crippen molar-refractivity contribution < 1.29 is 14.3 Å². The average molecular weight is 405 g/mol. The summed E-state index contributed by atoms with van der Waals surface area (Å²) in [5.41, 5.74) is 5.94. The molecule has 29 heavy (non-hydrogen) atoms. The molecule has 150 valence electrons. The molecule has 0 aromatic heterocycles. The number of esters is 1. The number of hydrogen-bond donors (Lipinski definition) is 0. The monoisotopic (exact) mass is 404 g/mol. The number of rotatable bonds is 5. The van der Waals surface area contributed by atoms with Crippen LogP contribution in [0.4, 0.5) is 0 Å². The Labute approximate surface area is 174 Å². The minimum atomic E-state index is -1.70. The van der Waals surface area contributed by atoms with E-state index in [0.29, 0.717) is 17.6 Å². The number of hydrogen-bond acceptors (Lipinski definition) is 3. The number of ketones is 1. The number of benzene rings is 2. The van der Waals surface area contributed by atoms with Gasteiger partial charge in [0.1, 0.15) is 0 Å². The van der Waals surface area contributed by atoms with Crippen LogP contribution < -0.4 is 0 Å². The van der Waals surface area contributed by atoms with E-state index in [-0.39, 0.29) is 18.3 Å². The lowest BCUT2D eigenvalue weighted by atomic mass is 9.74. The lowest BCUT2D eigenvalue weighted by Gasteiger charge is -2.31. The van der Waals surface area contributed by atoms with Crippen molar-refractivity contribution in [3.05, 3.63) is 88.6 Å². The molecule has 3 rings (SSSR count). The van der Waals surface area contributed by atoms with Crippen LogP contribution in [0.3, 0.4) is 0 Å². The molecule has 0 spiro atoms. The van der Waals surface area contributed by atoms with Gasteiger partial charge in [0.05, 0.1) is 20.3 Å². The standard InChI is InChI=1S/C25H28O3Si/c1-5-28-25(27)24-21(17-29(2,3)4)20(18-12-8-6-9-13-18)16-22(26)23(24)19-14-10-7-11-15-19/h6-15,17,20H,5,16H2,1-4H3/b21-17-. The number of allylic oxidation sites excluding steroid dienone is 1. The maximum Gasteiger partial charge on any atom is 0.339 e. The summed E-state index contributed by atoms with van der Waals surface area (Å²) in [5, 5.41) is 0. The molecule has 0 saturated heterocycles. The van der Waals surface area contributed by atoms with E-state index in [4.69, 9.17) is 4.74 Å². The van der Waals surface area contributed by atoms with Gasteiger partial charge in [0.15, 0.2) is 5.78 Å². The van der Waals surface area contributed by atoms with E-state index in [1.807, 2.05) is 60.7 Å². The van der Waals surface area contributed by atoms with Gasteiger partial charge in [0.25, 0.3) is 0 Å². The van der Waals surface area contributed by atoms with Crippen LogP contribution in [0.15, 0.2) is 77.5 Å². The topological polar surface area (TPSA) is 43.4 Å². The fourth-order valence-electron chi connectivity index (χ4n) is 3.81. The van der Waals surface area contributed by atoms with E-state index in [1.165, 1.54) is 0 Å². The molecule has 0 fully saturated rings. The Morgan fingerprint density at radius 3 is 2.17 bits per heavy atom. The zero-order valence-corrected chi connectivity index (χ0v) is 18.6. The van der Waals surface area contributed by atoms with Crippen molar-refractivity contribution in [1.82, 2.24) is 0 Å². The summed E-state index contributed by atoms with van der Waals surface area (Å²) in [6.45, 7) is 8.78. The van der Waals surface area contributed by atoms with Crippen LogP contribution in [0.5, 0.6) is 0 Å². The van der Waals surface area contributed by atoms with Crippen LogP contribution in [-0.4, -0.2) is 26.4 Å². The van der Waals surface area contributed by atoms with Crippen LogP contribution in [0.2, 0.25) is 19.6 Å². The predicted molar refractivity (Wildman–Crippen MR) is 120 cm³/mol. The van der Waals surface area contributed by atoms with Gasteiger partial charge in [0, 0.05) is 17.9 Å². The molecule has 1 atom stereocenters. The normalized spacial score (nSPS) is 18.8. The molecule has 2 aromatic carbocycles. The molecule has 1 unspecified atom stereocenters. The molecule has 0 heterocycles. The molecule has 3 nitrogen and oxygen atoms in total. The van der Waals surface area contributed by atoms with Gasteiger partial charge in [-0.1, -0.05) is 86.0 Å². The van der Waals surface area contributed by atoms with Crippen LogP contribution in [0, 0.1) is 0 Å². The average Bonchev–Trinajstić information content (AvgIpc) is 2.69. The highest BCUT2D eigenvalue weighted by molar-refractivity contribution is 6.81. The molecule has 0 aliphatic heterocycles. The Morgan fingerprint density at radius 1 is 1.03 bits per heavy atom. The van der Waals surface area contributed by atoms with Crippen LogP contribution in [0.25, 0.3) is 5.57 Å². The van der Waals surface area contributed by atoms with Gasteiger partial charge in [-0.2, -0.15) is 0 Å². The summed E-state index contributed by atoms with van der Waals surface area (Å²) in [4.78, 5) is 26.5. The molecule has 0 N–H and O–H groups in total. The van der Waals surface area contributed by atoms with Crippen molar-refractivity contribution in [3.63, 3.8) is 0 Å². The summed E-state index contributed by atoms with van der Waals surface area (Å²) in [7, 11) is -1.70. The summed E-state index contributed by atoms with van der Waals surface area (Å²) in [5.74, 6) is -0.562. The second kappa shape index (κ2) is 8.74. The number of Topliss-reactive ketones (excluding diaryl/α,β-unsaturated/α-hetero) is 1. The molecular weight excluding hydrogens is 376 g/mol. The molecule has 1 aliphatic carbocycles. The first-order chi connectivity index (χ1) is 13.8. The SMILES string of the molecule is CCOC(=O)C1=C(c2ccccc2)C(=O)CC(c2ccccc2)/C1=C/[Si](C)(C)C. The van der Waals surface area contributed by atoms with Gasteiger partial charge in [0.2, 0.25) is 0 Å². The first-order valence-electron chi connectivity index (χ1n) is 10.1. The molecule has 1 aliphatic rings. The van der Waals surface area contributed by atoms with Crippen LogP contribution in [0.1, 0.15) is 30.4 Å². The van der Waals surface area contributed by atoms with Crippen molar-refractivity contribution in [2.45, 2.75) is 38.9 Å². The largest absolute Gasteiger partial charge is 0.462 e. The molecule has 0 saturated carbocycles. The fraction of sp³-hybridized carbons (Fsp3) is 0.280. The molecule has 0 bridgehead atoms. The van der Waals surface area contributed by atoms with Gasteiger partial charge in [-0.05, 0) is 23.6 Å². The van der Waals surface area contributed by atoms with Crippen LogP contribution >= 0.6 is 0 Å². The minimum absolute atomic E-state index is 0.0131. The number of carbonyl (C=O) groups is 2. The summed E-state index contributed by atoms with van der Waals surface area (Å²) in [6, 6.07) is 19.5. The van der Waals surface area contributed by atoms with E-state index < -0.39 is 14.0 Å². The first-order valence-corrected chi connectivity index (χ1v) is 13.7. The van der Waals surface area contributed by atoms with Crippen molar-refractivity contribution in [1.29, 1.82) is 0 Å². The summed E-state index contributed by atoms with van der Waals surface area (Å²) >= 11 is 0. The third kappa shape index (κ3) is 4.82. The molecular formula is C25H28O3Si. The second-order valence-electron chi connectivity index (χ2n) is 8.39. The van der Waals surface area contributed by atoms with Gasteiger partial charge < -0.3 is 4.74 Å². The van der Waals surface area contributed by atoms with Gasteiger partial charge in [-0.15, -0.1) is 0 Å². The third-order valence-electron chi connectivity index (χ3n) is 4.91. The lowest BCUT2D eigenvalue weighted by Crippen LogP contribution is -2.28. The van der Waals surface area contributed by atoms with E-state index in [1.54, 1.807) is 6.92 Å². The number of ether oxygens (including phenoxy) is 1. The Hall–Kier alpha value is -2.72. The Balaban J connectivity index is 2.31. The quantitative estimate of drug-likeness (QED) is 0.484. The Morgan fingerprint density at radius 2 is 1.62 bits per heavy atom. The Kier molecular flexibility index (Phi) is 6.33. The van der Waals surface area contributed by atoms with Crippen LogP contribution in [-0.2, 0) is 14.3 Å². The highest BCUT2D eigenvalue weighted by Crippen LogP contribution is 2.43. The zero-order valence-electron chi connectivity index (χ0n) is 17.6. The molecule has 0 amide bonds. The smallest absolute Gasteiger partial charge is 0.339 e. The minimum Gasteiger partial charge on any atom is -0.462 e. The third-order valence-corrected chi connectivity index (χ3v) is 6.09. The van der Waals surface area contributed by atoms with Crippen molar-refractivity contribution >= 4 is 25.4 Å². The highest BCUT2D eigenvalue weighted by atomic mass is 28.3. The van der Waals surface area contributed by atoms with E-state index in [0.717, 1.165) is 16.7 Å². The zero-order chi connectivity index (χ0) is 21.0. The second-order valence-corrected chi connectivity index (χ2v) is 13.4. The predicted octanol–water partition coefficient (Wildman–Crippen LogP) is 5.56. The van der Waals surface area contributed by atoms with E-state index >= 15 is 0 Å². The van der Waals surface area contributed by atoms with Gasteiger partial charge in [-0.3, -0.25) is 4.79 Å². The first kappa shape index (κ1) is 21.0. The lowest BCUT2D eigenvalue weighted by molar-refractivity contribution is -0.138. The van der Waals surface area contributed by atoms with Gasteiger partial charge >= 0.3 is 5.97 Å². The molecule has 0 radical (unpaired) electrons. The summed E-state index contributed by atoms with van der Waals surface area (Å²) < 4.78 is 5.44. The molecule has 2 aromatic rings. The van der Waals surface area contributed by atoms with Crippen molar-refractivity contribution in [2.24, 2.45) is 0 Å². The highest BCUT2D eigenvalue weighted by Gasteiger charge is 2.38. The number of carbonyl (C=O) groups excluding carboxylic acids is 2.